The van der Waals surface area contributed by atoms with Crippen LogP contribution in [0.5, 0.6) is 11.5 Å². The Hall–Kier alpha value is -4.52. The zero-order chi connectivity index (χ0) is 25.4. The summed E-state index contributed by atoms with van der Waals surface area (Å²) in [6.07, 6.45) is -0.00987. The highest BCUT2D eigenvalue weighted by molar-refractivity contribution is 6.20. The average molecular weight is 484 g/mol. The van der Waals surface area contributed by atoms with E-state index in [4.69, 9.17) is 13.9 Å². The summed E-state index contributed by atoms with van der Waals surface area (Å²) < 4.78 is 17.1. The van der Waals surface area contributed by atoms with E-state index < -0.39 is 23.5 Å². The van der Waals surface area contributed by atoms with Crippen LogP contribution in [0.4, 0.5) is 5.69 Å². The van der Waals surface area contributed by atoms with E-state index in [-0.39, 0.29) is 17.4 Å². The number of anilines is 1. The molecule has 1 aliphatic heterocycles. The lowest BCUT2D eigenvalue weighted by Gasteiger charge is -2.28. The van der Waals surface area contributed by atoms with Crippen LogP contribution in [-0.4, -0.2) is 30.0 Å². The number of ether oxygens (including phenoxy) is 2. The third-order valence-corrected chi connectivity index (χ3v) is 6.02. The first-order valence-electron chi connectivity index (χ1n) is 11.6. The predicted octanol–water partition coefficient (Wildman–Crippen LogP) is 6.01. The van der Waals surface area contributed by atoms with Crippen LogP contribution in [0.1, 0.15) is 36.0 Å². The average Bonchev–Trinajstić information content (AvgIpc) is 3.43. The topological polar surface area (TPSA) is 89.2 Å². The zero-order valence-corrected chi connectivity index (χ0v) is 20.1. The Bertz CT molecular complexity index is 1450. The van der Waals surface area contributed by atoms with Crippen LogP contribution in [0, 0.1) is 0 Å². The highest BCUT2D eigenvalue weighted by atomic mass is 16.5. The molecule has 182 valence electrons. The van der Waals surface area contributed by atoms with Crippen molar-refractivity contribution < 1.29 is 28.6 Å². The molecular formula is C29H25NO6. The fourth-order valence-corrected chi connectivity index (χ4v) is 4.47. The fraction of sp³-hybridized carbons (Fsp3) is 0.172. The Balaban J connectivity index is 1.63. The Kier molecular flexibility index (Phi) is 5.98. The van der Waals surface area contributed by atoms with E-state index in [1.54, 1.807) is 60.7 Å². The van der Waals surface area contributed by atoms with Gasteiger partial charge in [0, 0.05) is 16.6 Å². The number of Topliss-reactive ketones (excluding diaryl/α,β-unsaturated/α-hetero) is 1. The summed E-state index contributed by atoms with van der Waals surface area (Å²) in [6.45, 7) is 3.85. The molecule has 2 heterocycles. The number of aliphatic hydroxyl groups excluding tert-OH is 1. The number of carbonyl (C=O) groups is 2. The number of aliphatic hydroxyl groups is 1. The van der Waals surface area contributed by atoms with Crippen molar-refractivity contribution in [3.8, 4) is 11.5 Å². The molecule has 4 aromatic rings. The molecule has 0 saturated heterocycles. The molecule has 1 unspecified atom stereocenters. The van der Waals surface area contributed by atoms with Gasteiger partial charge in [0.2, 0.25) is 5.78 Å². The Morgan fingerprint density at radius 1 is 1.00 bits per heavy atom. The predicted molar refractivity (Wildman–Crippen MR) is 136 cm³/mol. The summed E-state index contributed by atoms with van der Waals surface area (Å²) in [5.41, 5.74) is 1.51. The highest BCUT2D eigenvalue weighted by Gasteiger charge is 2.46. The minimum Gasteiger partial charge on any atom is -0.503 e. The lowest BCUT2D eigenvalue weighted by molar-refractivity contribution is -0.117. The van der Waals surface area contributed by atoms with Crippen LogP contribution in [0.25, 0.3) is 11.0 Å². The van der Waals surface area contributed by atoms with Crippen molar-refractivity contribution in [1.82, 2.24) is 0 Å². The number of furan rings is 1. The minimum absolute atomic E-state index is 0.00987. The summed E-state index contributed by atoms with van der Waals surface area (Å²) in [5, 5.41) is 11.8. The van der Waals surface area contributed by atoms with Gasteiger partial charge in [-0.05, 0) is 56.3 Å². The van der Waals surface area contributed by atoms with Crippen molar-refractivity contribution in [1.29, 1.82) is 0 Å². The van der Waals surface area contributed by atoms with Crippen LogP contribution in [0.3, 0.4) is 0 Å². The van der Waals surface area contributed by atoms with Crippen molar-refractivity contribution in [3.63, 3.8) is 0 Å². The van der Waals surface area contributed by atoms with Crippen LogP contribution < -0.4 is 14.4 Å². The summed E-state index contributed by atoms with van der Waals surface area (Å²) in [7, 11) is 1.52. The largest absolute Gasteiger partial charge is 0.503 e. The Morgan fingerprint density at radius 2 is 1.69 bits per heavy atom. The Labute approximate surface area is 208 Å². The number of nitrogens with zero attached hydrogens (tertiary/aromatic N) is 1. The van der Waals surface area contributed by atoms with Gasteiger partial charge in [-0.3, -0.25) is 14.5 Å². The molecule has 0 fully saturated rings. The van der Waals surface area contributed by atoms with Gasteiger partial charge in [0.1, 0.15) is 17.1 Å². The second-order valence-corrected chi connectivity index (χ2v) is 8.72. The molecule has 36 heavy (non-hydrogen) atoms. The lowest BCUT2D eigenvalue weighted by atomic mass is 9.94. The lowest BCUT2D eigenvalue weighted by Crippen LogP contribution is -2.31. The van der Waals surface area contributed by atoms with E-state index in [1.165, 1.54) is 12.0 Å². The zero-order valence-electron chi connectivity index (χ0n) is 20.1. The highest BCUT2D eigenvalue weighted by Crippen LogP contribution is 2.45. The first-order valence-corrected chi connectivity index (χ1v) is 11.6. The van der Waals surface area contributed by atoms with Gasteiger partial charge in [-0.25, -0.2) is 0 Å². The number of amides is 1. The first-order chi connectivity index (χ1) is 17.4. The number of hydrogen-bond donors (Lipinski definition) is 1. The number of hydrogen-bond acceptors (Lipinski definition) is 6. The summed E-state index contributed by atoms with van der Waals surface area (Å²) >= 11 is 0. The maximum Gasteiger partial charge on any atom is 0.294 e. The maximum absolute atomic E-state index is 13.8. The van der Waals surface area contributed by atoms with E-state index >= 15 is 0 Å². The van der Waals surface area contributed by atoms with Gasteiger partial charge in [-0.1, -0.05) is 36.4 Å². The van der Waals surface area contributed by atoms with Crippen LogP contribution in [-0.2, 0) is 4.79 Å². The molecular weight excluding hydrogens is 458 g/mol. The van der Waals surface area contributed by atoms with Gasteiger partial charge in [0.25, 0.3) is 5.91 Å². The molecule has 5 rings (SSSR count). The molecule has 7 heteroatoms. The quantitative estimate of drug-likeness (QED) is 0.324. The third kappa shape index (κ3) is 3.98. The molecule has 1 N–H and O–H groups in total. The van der Waals surface area contributed by atoms with Crippen molar-refractivity contribution >= 4 is 28.3 Å². The third-order valence-electron chi connectivity index (χ3n) is 6.02. The van der Waals surface area contributed by atoms with E-state index in [0.717, 1.165) is 5.39 Å². The van der Waals surface area contributed by atoms with Crippen molar-refractivity contribution in [2.75, 3.05) is 12.0 Å². The van der Waals surface area contributed by atoms with E-state index in [1.807, 2.05) is 32.0 Å². The molecule has 0 spiro atoms. The number of carbonyl (C=O) groups excluding carboxylic acids is 2. The van der Waals surface area contributed by atoms with E-state index in [0.29, 0.717) is 28.3 Å². The molecule has 7 nitrogen and oxygen atoms in total. The van der Waals surface area contributed by atoms with Gasteiger partial charge in [-0.2, -0.15) is 0 Å². The minimum atomic E-state index is -0.939. The second kappa shape index (κ2) is 9.26. The van der Waals surface area contributed by atoms with Crippen molar-refractivity contribution in [2.24, 2.45) is 0 Å². The SMILES string of the molecule is COc1ccccc1C1C(C(=O)c2cc3ccccc3o2)=C(O)C(=O)N1c1ccc(OC(C)C)cc1. The molecule has 1 aliphatic rings. The number of benzene rings is 3. The Morgan fingerprint density at radius 3 is 2.39 bits per heavy atom. The first kappa shape index (κ1) is 23.2. The standard InChI is InChI=1S/C29H25NO6/c1-17(2)35-20-14-12-19(13-15-20)30-26(21-9-5-7-11-23(21)34-3)25(28(32)29(30)33)27(31)24-16-18-8-4-6-10-22(18)36-24/h4-17,26,32H,1-3H3. The normalized spacial score (nSPS) is 15.7. The summed E-state index contributed by atoms with van der Waals surface area (Å²) in [5.74, 6) is -0.736. The van der Waals surface area contributed by atoms with Gasteiger partial charge < -0.3 is 19.0 Å². The monoisotopic (exact) mass is 483 g/mol. The summed E-state index contributed by atoms with van der Waals surface area (Å²) in [6, 6.07) is 21.9. The number of para-hydroxylation sites is 2. The van der Waals surface area contributed by atoms with Gasteiger partial charge in [-0.15, -0.1) is 0 Å². The molecule has 0 saturated carbocycles. The van der Waals surface area contributed by atoms with Crippen LogP contribution >= 0.6 is 0 Å². The molecule has 0 aliphatic carbocycles. The van der Waals surface area contributed by atoms with Crippen molar-refractivity contribution in [3.05, 3.63) is 102 Å². The van der Waals surface area contributed by atoms with E-state index in [2.05, 4.69) is 0 Å². The molecule has 1 atom stereocenters. The molecule has 0 bridgehead atoms. The van der Waals surface area contributed by atoms with Gasteiger partial charge in [0.05, 0.1) is 24.8 Å². The van der Waals surface area contributed by atoms with Gasteiger partial charge >= 0.3 is 0 Å². The number of ketones is 1. The smallest absolute Gasteiger partial charge is 0.294 e. The molecule has 3 aromatic carbocycles. The molecule has 1 aromatic heterocycles. The number of fused-ring (bicyclic) bond motifs is 1. The number of rotatable bonds is 7. The van der Waals surface area contributed by atoms with Crippen LogP contribution in [0.2, 0.25) is 0 Å². The second-order valence-electron chi connectivity index (χ2n) is 8.72. The van der Waals surface area contributed by atoms with Crippen LogP contribution in [0.15, 0.2) is 94.6 Å². The van der Waals surface area contributed by atoms with Crippen molar-refractivity contribution in [2.45, 2.75) is 26.0 Å². The summed E-state index contributed by atoms with van der Waals surface area (Å²) in [4.78, 5) is 28.6. The molecule has 1 amide bonds. The number of methoxy groups -OCH3 is 1. The fourth-order valence-electron chi connectivity index (χ4n) is 4.47. The van der Waals surface area contributed by atoms with Gasteiger partial charge in [0.15, 0.2) is 11.5 Å². The molecule has 0 radical (unpaired) electrons. The maximum atomic E-state index is 13.8. The van der Waals surface area contributed by atoms with E-state index in [9.17, 15) is 14.7 Å².